The van der Waals surface area contributed by atoms with Gasteiger partial charge in [0.25, 0.3) is 5.91 Å². The van der Waals surface area contributed by atoms with E-state index in [0.29, 0.717) is 16.5 Å². The number of nitrogens with zero attached hydrogens (tertiary/aromatic N) is 1. The first kappa shape index (κ1) is 19.4. The van der Waals surface area contributed by atoms with Crippen molar-refractivity contribution >= 4 is 28.9 Å². The number of hydrogen-bond acceptors (Lipinski definition) is 4. The van der Waals surface area contributed by atoms with Crippen LogP contribution in [0.3, 0.4) is 0 Å². The number of benzene rings is 2. The van der Waals surface area contributed by atoms with Crippen LogP contribution in [0.15, 0.2) is 48.2 Å². The van der Waals surface area contributed by atoms with E-state index < -0.39 is 5.91 Å². The van der Waals surface area contributed by atoms with Crippen LogP contribution in [0, 0.1) is 18.3 Å². The first-order valence-electron chi connectivity index (χ1n) is 8.10. The first-order chi connectivity index (χ1) is 12.5. The molecule has 0 fully saturated rings. The van der Waals surface area contributed by atoms with Crippen LogP contribution >= 0.6 is 11.6 Å². The number of methoxy groups -OCH3 is 1. The highest BCUT2D eigenvalue weighted by molar-refractivity contribution is 6.31. The normalized spacial score (nSPS) is 10.8. The number of para-hydroxylation sites is 1. The summed E-state index contributed by atoms with van der Waals surface area (Å²) < 4.78 is 5.23. The van der Waals surface area contributed by atoms with E-state index in [1.807, 2.05) is 38.1 Å². The SMILES string of the molecule is CCc1cccc(C)c1NC(=O)/C(C#N)=C\Nc1cc(Cl)ccc1OC. The molecule has 1 amide bonds. The van der Waals surface area contributed by atoms with Crippen molar-refractivity contribution in [3.8, 4) is 11.8 Å². The molecule has 0 aromatic heterocycles. The Bertz CT molecular complexity index is 885. The van der Waals surface area contributed by atoms with Crippen LogP contribution in [0.4, 0.5) is 11.4 Å². The zero-order valence-electron chi connectivity index (χ0n) is 14.9. The molecule has 26 heavy (non-hydrogen) atoms. The molecule has 0 spiro atoms. The lowest BCUT2D eigenvalue weighted by molar-refractivity contribution is -0.112. The zero-order chi connectivity index (χ0) is 19.1. The number of halogens is 1. The molecule has 0 aliphatic rings. The van der Waals surface area contributed by atoms with E-state index in [1.54, 1.807) is 18.2 Å². The summed E-state index contributed by atoms with van der Waals surface area (Å²) in [5.74, 6) is 0.0699. The Balaban J connectivity index is 2.24. The highest BCUT2D eigenvalue weighted by Gasteiger charge is 2.13. The van der Waals surface area contributed by atoms with Gasteiger partial charge in [-0.15, -0.1) is 0 Å². The van der Waals surface area contributed by atoms with E-state index in [1.165, 1.54) is 13.3 Å². The fourth-order valence-corrected chi connectivity index (χ4v) is 2.65. The molecule has 0 bridgehead atoms. The highest BCUT2D eigenvalue weighted by Crippen LogP contribution is 2.28. The van der Waals surface area contributed by atoms with Gasteiger partial charge in [0, 0.05) is 16.9 Å². The predicted molar refractivity (Wildman–Crippen MR) is 105 cm³/mol. The van der Waals surface area contributed by atoms with Crippen molar-refractivity contribution in [2.75, 3.05) is 17.7 Å². The standard InChI is InChI=1S/C20H20ClN3O2/c1-4-14-7-5-6-13(2)19(14)24-20(25)15(11-22)12-23-17-10-16(21)8-9-18(17)26-3/h5-10,12,23H,4H2,1-3H3,(H,24,25)/b15-12-. The van der Waals surface area contributed by atoms with Crippen molar-refractivity contribution in [1.82, 2.24) is 0 Å². The molecule has 2 aromatic carbocycles. The molecule has 0 heterocycles. The van der Waals surface area contributed by atoms with Gasteiger partial charge in [-0.2, -0.15) is 5.26 Å². The van der Waals surface area contributed by atoms with Crippen LogP contribution in [0.5, 0.6) is 5.75 Å². The van der Waals surface area contributed by atoms with Gasteiger partial charge in [0.05, 0.1) is 12.8 Å². The lowest BCUT2D eigenvalue weighted by Crippen LogP contribution is -2.16. The van der Waals surface area contributed by atoms with Crippen LogP contribution in [0.2, 0.25) is 5.02 Å². The Kier molecular flexibility index (Phi) is 6.65. The summed E-state index contributed by atoms with van der Waals surface area (Å²) >= 11 is 5.98. The summed E-state index contributed by atoms with van der Waals surface area (Å²) in [5, 5.41) is 15.6. The largest absolute Gasteiger partial charge is 0.495 e. The molecule has 0 saturated carbocycles. The quantitative estimate of drug-likeness (QED) is 0.572. The molecule has 2 aromatic rings. The molecule has 2 rings (SSSR count). The van der Waals surface area contributed by atoms with Crippen LogP contribution in [0.1, 0.15) is 18.1 Å². The second-order valence-electron chi connectivity index (χ2n) is 5.58. The fraction of sp³-hybridized carbons (Fsp3) is 0.200. The second kappa shape index (κ2) is 8.93. The molecule has 0 saturated heterocycles. The number of ether oxygens (including phenoxy) is 1. The predicted octanol–water partition coefficient (Wildman–Crippen LogP) is 4.68. The average molecular weight is 370 g/mol. The van der Waals surface area contributed by atoms with E-state index in [-0.39, 0.29) is 5.57 Å². The van der Waals surface area contributed by atoms with Crippen molar-refractivity contribution in [2.24, 2.45) is 0 Å². The van der Waals surface area contributed by atoms with Gasteiger partial charge in [-0.3, -0.25) is 4.79 Å². The maximum atomic E-state index is 12.5. The van der Waals surface area contributed by atoms with Gasteiger partial charge in [0.2, 0.25) is 0 Å². The van der Waals surface area contributed by atoms with Crippen molar-refractivity contribution in [3.63, 3.8) is 0 Å². The smallest absolute Gasteiger partial charge is 0.267 e. The summed E-state index contributed by atoms with van der Waals surface area (Å²) in [6.07, 6.45) is 2.12. The van der Waals surface area contributed by atoms with Gasteiger partial charge in [-0.05, 0) is 42.7 Å². The van der Waals surface area contributed by atoms with Crippen LogP contribution in [-0.2, 0) is 11.2 Å². The third kappa shape index (κ3) is 4.56. The Morgan fingerprint density at radius 1 is 1.35 bits per heavy atom. The van der Waals surface area contributed by atoms with Crippen molar-refractivity contribution in [1.29, 1.82) is 5.26 Å². The molecule has 0 aliphatic heterocycles. The molecule has 134 valence electrons. The molecule has 5 nitrogen and oxygen atoms in total. The number of carbonyl (C=O) groups is 1. The fourth-order valence-electron chi connectivity index (χ4n) is 2.47. The van der Waals surface area contributed by atoms with Gasteiger partial charge < -0.3 is 15.4 Å². The topological polar surface area (TPSA) is 74.2 Å². The number of rotatable bonds is 6. The van der Waals surface area contributed by atoms with Crippen LogP contribution in [0.25, 0.3) is 0 Å². The number of hydrogen-bond donors (Lipinski definition) is 2. The monoisotopic (exact) mass is 369 g/mol. The Morgan fingerprint density at radius 2 is 2.12 bits per heavy atom. The third-order valence-corrected chi connectivity index (χ3v) is 4.11. The molecule has 0 radical (unpaired) electrons. The van der Waals surface area contributed by atoms with Crippen molar-refractivity contribution in [2.45, 2.75) is 20.3 Å². The maximum absolute atomic E-state index is 12.5. The Labute approximate surface area is 158 Å². The van der Waals surface area contributed by atoms with Gasteiger partial charge in [-0.25, -0.2) is 0 Å². The minimum absolute atomic E-state index is 0.0580. The van der Waals surface area contributed by atoms with E-state index in [2.05, 4.69) is 10.6 Å². The summed E-state index contributed by atoms with van der Waals surface area (Å²) in [6.45, 7) is 3.93. The molecular weight excluding hydrogens is 350 g/mol. The molecule has 0 aliphatic carbocycles. The van der Waals surface area contributed by atoms with Crippen molar-refractivity contribution < 1.29 is 9.53 Å². The molecule has 0 unspecified atom stereocenters. The summed E-state index contributed by atoms with van der Waals surface area (Å²) in [4.78, 5) is 12.5. The van der Waals surface area contributed by atoms with Gasteiger partial charge in [0.15, 0.2) is 0 Å². The van der Waals surface area contributed by atoms with Gasteiger partial charge in [0.1, 0.15) is 17.4 Å². The summed E-state index contributed by atoms with van der Waals surface area (Å²) in [5.41, 5.74) is 3.20. The van der Waals surface area contributed by atoms with E-state index >= 15 is 0 Å². The molecule has 2 N–H and O–H groups in total. The minimum Gasteiger partial charge on any atom is -0.495 e. The second-order valence-corrected chi connectivity index (χ2v) is 6.01. The summed E-state index contributed by atoms with van der Waals surface area (Å²) in [7, 11) is 1.53. The van der Waals surface area contributed by atoms with Crippen molar-refractivity contribution in [3.05, 3.63) is 64.3 Å². The molecule has 6 heteroatoms. The van der Waals surface area contributed by atoms with Gasteiger partial charge in [-0.1, -0.05) is 36.7 Å². The summed E-state index contributed by atoms with van der Waals surface area (Å²) in [6, 6.07) is 12.8. The van der Waals surface area contributed by atoms with Crippen LogP contribution in [-0.4, -0.2) is 13.0 Å². The van der Waals surface area contributed by atoms with E-state index in [9.17, 15) is 10.1 Å². The number of aryl methyl sites for hydroxylation is 2. The van der Waals surface area contributed by atoms with E-state index in [0.717, 1.165) is 23.2 Å². The first-order valence-corrected chi connectivity index (χ1v) is 8.48. The number of nitrogens with one attached hydrogen (secondary N) is 2. The lowest BCUT2D eigenvalue weighted by Gasteiger charge is -2.13. The highest BCUT2D eigenvalue weighted by atomic mass is 35.5. The number of nitriles is 1. The van der Waals surface area contributed by atoms with E-state index in [4.69, 9.17) is 16.3 Å². The lowest BCUT2D eigenvalue weighted by atomic mass is 10.1. The molecule has 0 atom stereocenters. The third-order valence-electron chi connectivity index (χ3n) is 3.88. The Morgan fingerprint density at radius 3 is 2.77 bits per heavy atom. The zero-order valence-corrected chi connectivity index (χ0v) is 15.6. The Hall–Kier alpha value is -2.97. The number of amides is 1. The van der Waals surface area contributed by atoms with Crippen LogP contribution < -0.4 is 15.4 Å². The number of anilines is 2. The molecular formula is C20H20ClN3O2. The minimum atomic E-state index is -0.481. The maximum Gasteiger partial charge on any atom is 0.267 e. The van der Waals surface area contributed by atoms with Gasteiger partial charge >= 0.3 is 0 Å². The number of carbonyl (C=O) groups excluding carboxylic acids is 1. The average Bonchev–Trinajstić information content (AvgIpc) is 2.64.